The van der Waals surface area contributed by atoms with Crippen molar-refractivity contribution >= 4 is 5.78 Å². The van der Waals surface area contributed by atoms with E-state index in [2.05, 4.69) is 34.1 Å². The third kappa shape index (κ3) is 6.41. The summed E-state index contributed by atoms with van der Waals surface area (Å²) in [7, 11) is 0. The van der Waals surface area contributed by atoms with Gasteiger partial charge in [0.25, 0.3) is 5.56 Å². The van der Waals surface area contributed by atoms with Gasteiger partial charge in [0.05, 0.1) is 23.5 Å². The third-order valence-electron chi connectivity index (χ3n) is 8.73. The molecule has 0 amide bonds. The number of H-pyrrole nitrogens is 1. The molecule has 0 unspecified atom stereocenters. The first-order valence-corrected chi connectivity index (χ1v) is 15.6. The number of ether oxygens (including phenoxy) is 1. The highest BCUT2D eigenvalue weighted by Gasteiger charge is 2.35. The lowest BCUT2D eigenvalue weighted by molar-refractivity contribution is -0.117. The maximum absolute atomic E-state index is 14.4. The molecule has 236 valence electrons. The second-order valence-corrected chi connectivity index (χ2v) is 13.0. The van der Waals surface area contributed by atoms with Gasteiger partial charge < -0.3 is 9.84 Å². The summed E-state index contributed by atoms with van der Waals surface area (Å²) >= 11 is 0. The van der Waals surface area contributed by atoms with Gasteiger partial charge in [-0.3, -0.25) is 18.9 Å². The molecule has 0 saturated heterocycles. The minimum absolute atomic E-state index is 0.0191. The molecule has 3 aromatic heterocycles. The van der Waals surface area contributed by atoms with Crippen LogP contribution in [0.5, 0.6) is 0 Å². The third-order valence-corrected chi connectivity index (χ3v) is 8.73. The van der Waals surface area contributed by atoms with Gasteiger partial charge in [0.2, 0.25) is 5.78 Å². The number of benzene rings is 2. The van der Waals surface area contributed by atoms with Gasteiger partial charge in [0, 0.05) is 23.6 Å². The molecule has 45 heavy (non-hydrogen) atoms. The van der Waals surface area contributed by atoms with Gasteiger partial charge in [-0.2, -0.15) is 10.1 Å². The summed E-state index contributed by atoms with van der Waals surface area (Å²) in [5.41, 5.74) is 3.98. The van der Waals surface area contributed by atoms with Crippen LogP contribution in [0.2, 0.25) is 0 Å². The lowest BCUT2D eigenvalue weighted by Crippen LogP contribution is -2.41. The van der Waals surface area contributed by atoms with Crippen molar-refractivity contribution in [2.75, 3.05) is 6.61 Å². The Morgan fingerprint density at radius 2 is 1.80 bits per heavy atom. The monoisotopic (exact) mass is 612 g/mol. The lowest BCUT2D eigenvalue weighted by atomic mass is 9.83. The minimum Gasteiger partial charge on any atom is -0.388 e. The van der Waals surface area contributed by atoms with Crippen LogP contribution in [0.25, 0.3) is 28.3 Å². The van der Waals surface area contributed by atoms with E-state index < -0.39 is 11.4 Å². The second-order valence-electron chi connectivity index (χ2n) is 13.0. The summed E-state index contributed by atoms with van der Waals surface area (Å²) in [5, 5.41) is 18.6. The van der Waals surface area contributed by atoms with Gasteiger partial charge in [-0.05, 0) is 69.6 Å². The molecule has 6 rings (SSSR count). The van der Waals surface area contributed by atoms with E-state index in [-0.39, 0.29) is 23.8 Å². The van der Waals surface area contributed by atoms with E-state index in [0.717, 1.165) is 65.6 Å². The largest absolute Gasteiger partial charge is 0.439 e. The van der Waals surface area contributed by atoms with Crippen molar-refractivity contribution in [1.29, 1.82) is 0 Å². The number of aromatic nitrogens is 6. The Morgan fingerprint density at radius 3 is 2.44 bits per heavy atom. The molecule has 0 radical (unpaired) electrons. The van der Waals surface area contributed by atoms with Crippen LogP contribution in [-0.4, -0.2) is 52.2 Å². The quantitative estimate of drug-likeness (QED) is 0.222. The smallest absolute Gasteiger partial charge is 0.388 e. The van der Waals surface area contributed by atoms with Crippen molar-refractivity contribution < 1.29 is 14.4 Å². The number of hydrogen-bond donors (Lipinski definition) is 2. The van der Waals surface area contributed by atoms with E-state index in [0.29, 0.717) is 24.4 Å². The predicted molar refractivity (Wildman–Crippen MR) is 170 cm³/mol. The lowest BCUT2D eigenvalue weighted by Gasteiger charge is -2.39. The van der Waals surface area contributed by atoms with Crippen LogP contribution in [0.1, 0.15) is 82.7 Å². The van der Waals surface area contributed by atoms with Crippen LogP contribution in [0, 0.1) is 0 Å². The Labute approximate surface area is 260 Å². The van der Waals surface area contributed by atoms with Crippen molar-refractivity contribution in [3.8, 4) is 22.5 Å². The number of nitrogens with one attached hydrogen (secondary N) is 1. The van der Waals surface area contributed by atoms with Gasteiger partial charge in [-0.25, -0.2) is 9.31 Å². The molecule has 0 bridgehead atoms. The summed E-state index contributed by atoms with van der Waals surface area (Å²) in [6.07, 6.45) is 6.65. The molecule has 1 aliphatic rings. The van der Waals surface area contributed by atoms with E-state index in [1.165, 1.54) is 6.33 Å². The minimum atomic E-state index is -0.895. The number of nitrogens with zero attached hydrogens (tertiary/aromatic N) is 5. The fraction of sp³-hybridized carbons (Fsp3) is 0.441. The van der Waals surface area contributed by atoms with Gasteiger partial charge in [-0.1, -0.05) is 67.0 Å². The van der Waals surface area contributed by atoms with Crippen LogP contribution in [0.15, 0.2) is 69.0 Å². The van der Waals surface area contributed by atoms with Gasteiger partial charge in [0.15, 0.2) is 5.82 Å². The number of aryl methyl sites for hydroxylation is 1. The number of fused-ring (bicyclic) bond motifs is 1. The zero-order valence-electron chi connectivity index (χ0n) is 26.2. The normalized spacial score (nSPS) is 18.9. The molecule has 1 aliphatic carbocycles. The Kier molecular flexibility index (Phi) is 8.32. The first-order chi connectivity index (χ1) is 21.5. The first kappa shape index (κ1) is 30.7. The summed E-state index contributed by atoms with van der Waals surface area (Å²) in [5.74, 6) is 0.350. The predicted octanol–water partition coefficient (Wildman–Crippen LogP) is 5.11. The standard InChI is InChI=1S/C34H40N6O5/c1-5-8-28-27(19-22-11-13-23(14-12-22)25-9-6-7-10-26(25)29-37-32(42)45-38-29)30(41)39(31-35-21-36-40(28)31)24-15-17-34(4,18-16-24)44-20-33(2,3)43/h6-7,9-14,21,24,43H,5,8,15-20H2,1-4H3,(H,37,38,42). The molecule has 2 N–H and O–H groups in total. The van der Waals surface area contributed by atoms with Crippen LogP contribution in [0.3, 0.4) is 0 Å². The van der Waals surface area contributed by atoms with E-state index in [1.54, 1.807) is 13.8 Å². The average Bonchev–Trinajstić information content (AvgIpc) is 3.68. The maximum Gasteiger partial charge on any atom is 0.439 e. The highest BCUT2D eigenvalue weighted by atomic mass is 16.5. The van der Waals surface area contributed by atoms with Crippen LogP contribution in [-0.2, 0) is 17.6 Å². The maximum atomic E-state index is 14.4. The fourth-order valence-corrected chi connectivity index (χ4v) is 6.34. The van der Waals surface area contributed by atoms with Crippen LogP contribution >= 0.6 is 0 Å². The first-order valence-electron chi connectivity index (χ1n) is 15.6. The Balaban J connectivity index is 1.31. The SMILES string of the molecule is CCCc1c(Cc2ccc(-c3ccccc3-c3noc(=O)[nH]3)cc2)c(=O)n(C2CCC(C)(OCC(C)(C)O)CC2)c2ncnn12. The Morgan fingerprint density at radius 1 is 1.09 bits per heavy atom. The molecule has 11 nitrogen and oxygen atoms in total. The molecule has 3 heterocycles. The molecule has 0 spiro atoms. The number of aliphatic hydroxyl groups is 1. The topological polar surface area (TPSA) is 141 Å². The van der Waals surface area contributed by atoms with Gasteiger partial charge >= 0.3 is 5.76 Å². The number of hydrogen-bond acceptors (Lipinski definition) is 8. The van der Waals surface area contributed by atoms with Crippen molar-refractivity contribution in [1.82, 2.24) is 29.3 Å². The number of aromatic amines is 1. The molecule has 2 aromatic carbocycles. The number of rotatable bonds is 10. The van der Waals surface area contributed by atoms with E-state index in [9.17, 15) is 14.7 Å². The molecule has 1 saturated carbocycles. The molecule has 5 aromatic rings. The van der Waals surface area contributed by atoms with Crippen LogP contribution in [0.4, 0.5) is 0 Å². The van der Waals surface area contributed by atoms with E-state index >= 15 is 0 Å². The molecule has 11 heteroatoms. The Bertz CT molecular complexity index is 1900. The molecular weight excluding hydrogens is 572 g/mol. The van der Waals surface area contributed by atoms with Crippen molar-refractivity contribution in [3.63, 3.8) is 0 Å². The zero-order chi connectivity index (χ0) is 31.8. The van der Waals surface area contributed by atoms with Crippen molar-refractivity contribution in [3.05, 3.63) is 92.6 Å². The van der Waals surface area contributed by atoms with E-state index in [4.69, 9.17) is 9.26 Å². The molecule has 0 aliphatic heterocycles. The Hall–Kier alpha value is -4.35. The highest BCUT2D eigenvalue weighted by molar-refractivity contribution is 5.80. The average molecular weight is 613 g/mol. The van der Waals surface area contributed by atoms with Crippen LogP contribution < -0.4 is 11.3 Å². The summed E-state index contributed by atoms with van der Waals surface area (Å²) in [6, 6.07) is 15.8. The van der Waals surface area contributed by atoms with Gasteiger partial charge in [-0.15, -0.1) is 0 Å². The fourth-order valence-electron chi connectivity index (χ4n) is 6.34. The molecular formula is C34H40N6O5. The second kappa shape index (κ2) is 12.2. The summed E-state index contributed by atoms with van der Waals surface area (Å²) < 4.78 is 14.6. The highest BCUT2D eigenvalue weighted by Crippen LogP contribution is 2.38. The molecule has 0 atom stereocenters. The van der Waals surface area contributed by atoms with Crippen molar-refractivity contribution in [2.45, 2.75) is 89.9 Å². The van der Waals surface area contributed by atoms with Crippen molar-refractivity contribution in [2.24, 2.45) is 0 Å². The molecule has 1 fully saturated rings. The summed E-state index contributed by atoms with van der Waals surface area (Å²) in [6.45, 7) is 7.95. The summed E-state index contributed by atoms with van der Waals surface area (Å²) in [4.78, 5) is 33.1. The zero-order valence-corrected chi connectivity index (χ0v) is 26.2. The van der Waals surface area contributed by atoms with E-state index in [1.807, 2.05) is 57.6 Å². The van der Waals surface area contributed by atoms with Gasteiger partial charge in [0.1, 0.15) is 6.33 Å².